The molecule has 17 heavy (non-hydrogen) atoms. The third-order valence-electron chi connectivity index (χ3n) is 2.20. The van der Waals surface area contributed by atoms with Crippen molar-refractivity contribution in [3.63, 3.8) is 0 Å². The van der Waals surface area contributed by atoms with Gasteiger partial charge in [-0.3, -0.25) is 9.89 Å². The topological polar surface area (TPSA) is 102 Å². The first-order valence-electron chi connectivity index (χ1n) is 5.24. The molecule has 90 valence electrons. The van der Waals surface area contributed by atoms with Crippen molar-refractivity contribution in [3.05, 3.63) is 30.0 Å². The molecule has 0 atom stereocenters. The predicted molar refractivity (Wildman–Crippen MR) is 62.6 cm³/mol. The summed E-state index contributed by atoms with van der Waals surface area (Å²) in [6.07, 6.45) is 3.24. The van der Waals surface area contributed by atoms with Crippen molar-refractivity contribution < 1.29 is 4.79 Å². The van der Waals surface area contributed by atoms with Crippen LogP contribution in [0.1, 0.15) is 16.2 Å². The van der Waals surface area contributed by atoms with Crippen LogP contribution >= 0.6 is 0 Å². The van der Waals surface area contributed by atoms with E-state index in [1.54, 1.807) is 23.2 Å². The summed E-state index contributed by atoms with van der Waals surface area (Å²) in [7, 11) is 0. The maximum absolute atomic E-state index is 11.8. The maximum atomic E-state index is 11.8. The van der Waals surface area contributed by atoms with Crippen molar-refractivity contribution in [2.24, 2.45) is 5.73 Å². The Bertz CT molecular complexity index is 514. The number of H-pyrrole nitrogens is 1. The third-order valence-corrected chi connectivity index (χ3v) is 2.20. The Balaban J connectivity index is 2.03. The van der Waals surface area contributed by atoms with E-state index >= 15 is 0 Å². The quantitative estimate of drug-likeness (QED) is 0.699. The number of aromatic nitrogens is 4. The molecule has 0 aliphatic heterocycles. The molecule has 4 N–H and O–H groups in total. The summed E-state index contributed by atoms with van der Waals surface area (Å²) in [5, 5.41) is 9.30. The summed E-state index contributed by atoms with van der Waals surface area (Å²) in [5.41, 5.74) is 6.64. The Morgan fingerprint density at radius 2 is 2.47 bits per heavy atom. The number of anilines is 1. The summed E-state index contributed by atoms with van der Waals surface area (Å²) in [4.78, 5) is 15.8. The zero-order valence-electron chi connectivity index (χ0n) is 9.47. The zero-order valence-corrected chi connectivity index (χ0v) is 9.47. The molecule has 0 unspecified atom stereocenters. The number of hydrogen-bond donors (Lipinski definition) is 3. The highest BCUT2D eigenvalue weighted by atomic mass is 16.2. The van der Waals surface area contributed by atoms with E-state index < -0.39 is 0 Å². The molecule has 2 aromatic heterocycles. The fraction of sp³-hybridized carbons (Fsp3) is 0.300. The van der Waals surface area contributed by atoms with Gasteiger partial charge in [0.25, 0.3) is 5.91 Å². The first-order chi connectivity index (χ1) is 8.19. The highest BCUT2D eigenvalue weighted by Crippen LogP contribution is 2.06. The Hall–Kier alpha value is -2.15. The number of nitrogens with two attached hydrogens (primary N) is 1. The summed E-state index contributed by atoms with van der Waals surface area (Å²) < 4.78 is 1.77. The number of carbonyl (C=O) groups is 1. The van der Waals surface area contributed by atoms with Gasteiger partial charge in [-0.2, -0.15) is 5.10 Å². The van der Waals surface area contributed by atoms with Crippen molar-refractivity contribution in [1.29, 1.82) is 0 Å². The van der Waals surface area contributed by atoms with Crippen molar-refractivity contribution >= 4 is 11.7 Å². The minimum absolute atomic E-state index is 0.285. The lowest BCUT2D eigenvalue weighted by atomic mass is 10.4. The van der Waals surface area contributed by atoms with Crippen LogP contribution in [0.15, 0.2) is 18.6 Å². The molecule has 7 heteroatoms. The van der Waals surface area contributed by atoms with Gasteiger partial charge in [-0.15, -0.1) is 0 Å². The van der Waals surface area contributed by atoms with Gasteiger partial charge in [0.15, 0.2) is 5.82 Å². The van der Waals surface area contributed by atoms with E-state index in [1.807, 2.05) is 6.92 Å². The van der Waals surface area contributed by atoms with Crippen LogP contribution in [0.2, 0.25) is 0 Å². The number of carbonyl (C=O) groups excluding carboxylic acids is 1. The number of amides is 1. The number of imidazole rings is 1. The van der Waals surface area contributed by atoms with Gasteiger partial charge in [-0.1, -0.05) is 0 Å². The van der Waals surface area contributed by atoms with Gasteiger partial charge in [0, 0.05) is 31.0 Å². The van der Waals surface area contributed by atoms with E-state index in [1.165, 1.54) is 0 Å². The summed E-state index contributed by atoms with van der Waals surface area (Å²) >= 11 is 0. The largest absolute Gasteiger partial charge is 0.335 e. The van der Waals surface area contributed by atoms with Gasteiger partial charge in [0.2, 0.25) is 0 Å². The highest BCUT2D eigenvalue weighted by Gasteiger charge is 2.10. The van der Waals surface area contributed by atoms with E-state index in [-0.39, 0.29) is 5.91 Å². The fourth-order valence-electron chi connectivity index (χ4n) is 1.41. The zero-order chi connectivity index (χ0) is 12.3. The van der Waals surface area contributed by atoms with Gasteiger partial charge in [-0.05, 0) is 6.92 Å². The van der Waals surface area contributed by atoms with Crippen LogP contribution < -0.4 is 11.1 Å². The molecule has 0 spiro atoms. The van der Waals surface area contributed by atoms with Crippen LogP contribution in [0.5, 0.6) is 0 Å². The summed E-state index contributed by atoms with van der Waals surface area (Å²) in [6, 6.07) is 1.74. The van der Waals surface area contributed by atoms with Crippen LogP contribution in [0.25, 0.3) is 0 Å². The number of nitrogens with one attached hydrogen (secondary N) is 2. The van der Waals surface area contributed by atoms with E-state index in [9.17, 15) is 4.79 Å². The Kier molecular flexibility index (Phi) is 3.20. The molecule has 0 aliphatic rings. The monoisotopic (exact) mass is 234 g/mol. The minimum atomic E-state index is -0.285. The standard InChI is InChI=1S/C10H14N6O/c1-7-4-9(15-14-7)13-10(17)8-5-16(3-2-11)6-12-8/h4-6H,2-3,11H2,1H3,(H2,13,14,15,17). The molecule has 1 amide bonds. The number of rotatable bonds is 4. The molecule has 2 heterocycles. The average Bonchev–Trinajstić information content (AvgIpc) is 2.88. The molecule has 0 radical (unpaired) electrons. The molecular formula is C10H14N6O. The number of aromatic amines is 1. The molecule has 0 aromatic carbocycles. The second-order valence-corrected chi connectivity index (χ2v) is 3.68. The highest BCUT2D eigenvalue weighted by molar-refractivity contribution is 6.02. The van der Waals surface area contributed by atoms with Gasteiger partial charge in [0.05, 0.1) is 6.33 Å². The Morgan fingerprint density at radius 1 is 1.65 bits per heavy atom. The predicted octanol–water partition coefficient (Wildman–Crippen LogP) is 0.126. The van der Waals surface area contributed by atoms with Crippen LogP contribution in [0.3, 0.4) is 0 Å². The smallest absolute Gasteiger partial charge is 0.277 e. The van der Waals surface area contributed by atoms with Crippen molar-refractivity contribution in [2.45, 2.75) is 13.5 Å². The molecule has 0 fully saturated rings. The number of nitrogens with zero attached hydrogens (tertiary/aromatic N) is 3. The van der Waals surface area contributed by atoms with Crippen LogP contribution in [0.4, 0.5) is 5.82 Å². The molecular weight excluding hydrogens is 220 g/mol. The minimum Gasteiger partial charge on any atom is -0.335 e. The second kappa shape index (κ2) is 4.79. The van der Waals surface area contributed by atoms with Crippen LogP contribution in [0, 0.1) is 6.92 Å². The number of aryl methyl sites for hydroxylation is 1. The molecule has 0 saturated carbocycles. The van der Waals surface area contributed by atoms with Crippen LogP contribution in [-0.2, 0) is 6.54 Å². The van der Waals surface area contributed by atoms with Crippen LogP contribution in [-0.4, -0.2) is 32.2 Å². The average molecular weight is 234 g/mol. The first kappa shape index (κ1) is 11.3. The maximum Gasteiger partial charge on any atom is 0.277 e. The molecule has 0 saturated heterocycles. The van der Waals surface area contributed by atoms with Crippen molar-refractivity contribution in [1.82, 2.24) is 19.7 Å². The lowest BCUT2D eigenvalue weighted by molar-refractivity contribution is 0.102. The normalized spacial score (nSPS) is 10.5. The van der Waals surface area contributed by atoms with E-state index in [2.05, 4.69) is 20.5 Å². The van der Waals surface area contributed by atoms with E-state index in [0.717, 1.165) is 5.69 Å². The van der Waals surface area contributed by atoms with Crippen molar-refractivity contribution in [2.75, 3.05) is 11.9 Å². The SMILES string of the molecule is Cc1cc(NC(=O)c2cn(CCN)cn2)n[nH]1. The van der Waals surface area contributed by atoms with Gasteiger partial charge < -0.3 is 15.6 Å². The first-order valence-corrected chi connectivity index (χ1v) is 5.24. The fourth-order valence-corrected chi connectivity index (χ4v) is 1.41. The second-order valence-electron chi connectivity index (χ2n) is 3.68. The van der Waals surface area contributed by atoms with E-state index in [0.29, 0.717) is 24.6 Å². The van der Waals surface area contributed by atoms with Crippen molar-refractivity contribution in [3.8, 4) is 0 Å². The summed E-state index contributed by atoms with van der Waals surface area (Å²) in [6.45, 7) is 3.01. The Labute approximate surface area is 98.0 Å². The molecule has 2 rings (SSSR count). The summed E-state index contributed by atoms with van der Waals surface area (Å²) in [5.74, 6) is 0.202. The molecule has 2 aromatic rings. The lowest BCUT2D eigenvalue weighted by Crippen LogP contribution is -2.13. The Morgan fingerprint density at radius 3 is 3.12 bits per heavy atom. The third kappa shape index (κ3) is 2.70. The molecule has 0 aliphatic carbocycles. The molecule has 7 nitrogen and oxygen atoms in total. The number of hydrogen-bond acceptors (Lipinski definition) is 4. The van der Waals surface area contributed by atoms with Gasteiger partial charge in [0.1, 0.15) is 5.69 Å². The lowest BCUT2D eigenvalue weighted by Gasteiger charge is -1.97. The van der Waals surface area contributed by atoms with Gasteiger partial charge >= 0.3 is 0 Å². The van der Waals surface area contributed by atoms with Gasteiger partial charge in [-0.25, -0.2) is 4.98 Å². The molecule has 0 bridgehead atoms. The van der Waals surface area contributed by atoms with E-state index in [4.69, 9.17) is 5.73 Å².